The molecule has 0 heterocycles. The predicted octanol–water partition coefficient (Wildman–Crippen LogP) is 8.02. The Morgan fingerprint density at radius 1 is 0.276 bits per heavy atom. The summed E-state index contributed by atoms with van der Waals surface area (Å²) >= 11 is 0. The van der Waals surface area contributed by atoms with Gasteiger partial charge in [-0.05, 0) is 84.0 Å². The lowest BCUT2D eigenvalue weighted by Crippen LogP contribution is -2.43. The number of carboxylic acid groups (broad SMARTS) is 5. The number of aliphatic carboxylic acids is 5. The molecule has 0 fully saturated rings. The first-order chi connectivity index (χ1) is 55.8. The maximum absolute atomic E-state index is 13.6. The summed E-state index contributed by atoms with van der Waals surface area (Å²) < 4.78 is 43.2. The first kappa shape index (κ1) is 109. The van der Waals surface area contributed by atoms with Gasteiger partial charge in [-0.3, -0.25) is 67.1 Å². The van der Waals surface area contributed by atoms with Gasteiger partial charge in [-0.25, -0.2) is 4.79 Å². The zero-order valence-corrected chi connectivity index (χ0v) is 69.2. The van der Waals surface area contributed by atoms with Crippen LogP contribution in [0.15, 0.2) is 0 Å². The number of Topliss-reactive ketones (excluding diaryl/α,β-unsaturated/α-hetero) is 5. The summed E-state index contributed by atoms with van der Waals surface area (Å²) in [5.41, 5.74) is 5.81. The molecule has 116 heavy (non-hydrogen) atoms. The van der Waals surface area contributed by atoms with E-state index in [1.54, 1.807) is 0 Å². The fourth-order valence-corrected chi connectivity index (χ4v) is 12.1. The molecule has 0 aliphatic heterocycles. The normalized spacial score (nSPS) is 12.5. The van der Waals surface area contributed by atoms with Crippen LogP contribution in [0.25, 0.3) is 0 Å². The molecule has 0 spiro atoms. The van der Waals surface area contributed by atoms with Crippen molar-refractivity contribution in [3.05, 3.63) is 0 Å². The van der Waals surface area contributed by atoms with Crippen molar-refractivity contribution in [2.24, 2.45) is 23.5 Å². The van der Waals surface area contributed by atoms with E-state index in [4.69, 9.17) is 53.8 Å². The van der Waals surface area contributed by atoms with Gasteiger partial charge in [-0.1, -0.05) is 116 Å². The number of unbranched alkanes of at least 4 members (excludes halogenated alkanes) is 20. The molecule has 0 aliphatic rings. The second-order valence-corrected chi connectivity index (χ2v) is 29.4. The van der Waals surface area contributed by atoms with E-state index in [1.807, 2.05) is 0 Å². The number of hydrogen-bond donors (Lipinski definition) is 11. The van der Waals surface area contributed by atoms with Crippen molar-refractivity contribution in [2.75, 3.05) is 132 Å². The number of hydrogen-bond acceptors (Lipinski definition) is 24. The predicted molar refractivity (Wildman–Crippen MR) is 431 cm³/mol. The van der Waals surface area contributed by atoms with Crippen molar-refractivity contribution in [3.63, 3.8) is 0 Å². The summed E-state index contributed by atoms with van der Waals surface area (Å²) in [4.78, 5) is 182. The Morgan fingerprint density at radius 2 is 0.621 bits per heavy atom. The monoisotopic (exact) mass is 1660 g/mol. The van der Waals surface area contributed by atoms with Crippen LogP contribution >= 0.6 is 0 Å². The van der Waals surface area contributed by atoms with E-state index in [0.717, 1.165) is 122 Å². The second-order valence-electron chi connectivity index (χ2n) is 29.4. The summed E-state index contributed by atoms with van der Waals surface area (Å²) in [6.45, 7) is 3.52. The van der Waals surface area contributed by atoms with Gasteiger partial charge in [0.15, 0.2) is 11.6 Å². The van der Waals surface area contributed by atoms with E-state index in [-0.39, 0.29) is 215 Å². The lowest BCUT2D eigenvalue weighted by atomic mass is 9.85. The minimum atomic E-state index is -1.40. The standard InChI is InChI=1S/C82H142N6O28.2H2/c1-63(83)71(92)57-64(28-22-24-40-84-74(95)38-36-66(81(105)106)56-69(91)60-114-53-51-112-47-43-87-76(97)61-115-54-48-109-44-26-31-67(89)30-18-14-10-6-2-4-8-12-16-20-34-78(99)100)72(93)58-65(80(103)104)29-23-25-41-85-75(96)39-37-70(82(107)108)88-77(98)62-116-55-49-110-45-27-32-68(90)59-113-52-50-111-46-42-86-73(94)33-19-15-11-7-3-5-9-13-17-21-35-79(101)102;;/h63-66,70H,2-62,83H2,1H3,(H,84,95)(H,85,96)(H,86,94)(H,87,97)(H,88,98)(H,99,100)(H,101,102)(H,103,104)(H,105,106)(H,107,108);2*1H/t63-,64+,65+,66+,70-;;/m0../s1. The van der Waals surface area contributed by atoms with Gasteiger partial charge in [0.1, 0.15) is 49.8 Å². The third-order valence-corrected chi connectivity index (χ3v) is 18.9. The molecule has 0 aliphatic carbocycles. The zero-order chi connectivity index (χ0) is 85.9. The highest BCUT2D eigenvalue weighted by Crippen LogP contribution is 2.24. The Bertz CT molecular complexity index is 2760. The fourth-order valence-electron chi connectivity index (χ4n) is 12.1. The summed E-state index contributed by atoms with van der Waals surface area (Å²) in [5.74, 6) is -11.7. The second kappa shape index (κ2) is 76.4. The molecule has 34 heteroatoms. The minimum Gasteiger partial charge on any atom is -0.481 e. The molecule has 672 valence electrons. The van der Waals surface area contributed by atoms with Gasteiger partial charge in [0, 0.05) is 119 Å². The van der Waals surface area contributed by atoms with Crippen molar-refractivity contribution in [1.29, 1.82) is 0 Å². The quantitative estimate of drug-likeness (QED) is 0.0257. The number of nitrogens with two attached hydrogens (primary N) is 1. The highest BCUT2D eigenvalue weighted by atomic mass is 16.5. The molecule has 34 nitrogen and oxygen atoms in total. The highest BCUT2D eigenvalue weighted by molar-refractivity contribution is 5.92. The molecule has 0 bridgehead atoms. The van der Waals surface area contributed by atoms with Gasteiger partial charge in [-0.15, -0.1) is 0 Å². The van der Waals surface area contributed by atoms with Gasteiger partial charge in [0.25, 0.3) is 0 Å². The number of amides is 5. The van der Waals surface area contributed by atoms with Crippen molar-refractivity contribution in [3.8, 4) is 0 Å². The average molecular weight is 1660 g/mol. The lowest BCUT2D eigenvalue weighted by Gasteiger charge is -2.19. The minimum absolute atomic E-state index is 0. The molecule has 0 rings (SSSR count). The molecule has 0 saturated heterocycles. The maximum Gasteiger partial charge on any atom is 0.326 e. The summed E-state index contributed by atoms with van der Waals surface area (Å²) in [5, 5.41) is 60.0. The van der Waals surface area contributed by atoms with Crippen molar-refractivity contribution in [2.45, 2.75) is 282 Å². The Balaban J connectivity index is -0.0000661. The molecule has 0 aromatic carbocycles. The molecule has 5 atom stereocenters. The third-order valence-electron chi connectivity index (χ3n) is 18.9. The molecule has 12 N–H and O–H groups in total. The van der Waals surface area contributed by atoms with Crippen molar-refractivity contribution >= 4 is 88.3 Å². The van der Waals surface area contributed by atoms with Crippen LogP contribution in [0.2, 0.25) is 0 Å². The average Bonchev–Trinajstić information content (AvgIpc) is 0.909. The molecule has 0 unspecified atom stereocenters. The van der Waals surface area contributed by atoms with Crippen LogP contribution in [0.3, 0.4) is 0 Å². The van der Waals surface area contributed by atoms with Gasteiger partial charge in [0.2, 0.25) is 29.5 Å². The summed E-state index contributed by atoms with van der Waals surface area (Å²) in [6.07, 6.45) is 23.7. The van der Waals surface area contributed by atoms with E-state index >= 15 is 0 Å². The zero-order valence-electron chi connectivity index (χ0n) is 69.2. The number of rotatable bonds is 88. The number of ketones is 5. The Morgan fingerprint density at radius 3 is 1.08 bits per heavy atom. The van der Waals surface area contributed by atoms with Gasteiger partial charge in [-0.2, -0.15) is 0 Å². The number of ether oxygens (including phenoxy) is 8. The van der Waals surface area contributed by atoms with E-state index < -0.39 is 101 Å². The van der Waals surface area contributed by atoms with Crippen molar-refractivity contribution in [1.82, 2.24) is 26.6 Å². The van der Waals surface area contributed by atoms with Gasteiger partial charge < -0.3 is 95.7 Å². The smallest absolute Gasteiger partial charge is 0.326 e. The largest absolute Gasteiger partial charge is 0.481 e. The van der Waals surface area contributed by atoms with Gasteiger partial charge >= 0.3 is 29.8 Å². The number of carbonyl (C=O) groups excluding carboxylic acids is 10. The van der Waals surface area contributed by atoms with E-state index in [9.17, 15) is 87.2 Å². The van der Waals surface area contributed by atoms with Crippen LogP contribution in [0.5, 0.6) is 0 Å². The van der Waals surface area contributed by atoms with E-state index in [0.29, 0.717) is 71.1 Å². The Hall–Kier alpha value is -7.31. The fraction of sp³-hybridized carbons (Fsp3) is 0.817. The lowest BCUT2D eigenvalue weighted by molar-refractivity contribution is -0.145. The number of carbonyl (C=O) groups is 15. The highest BCUT2D eigenvalue weighted by Gasteiger charge is 2.29. The first-order valence-electron chi connectivity index (χ1n) is 42.3. The molecule has 0 saturated carbocycles. The SMILES string of the molecule is C[C@H](N)C(=O)C[C@@H](CCCCNC(=O)CC[C@H](CC(=O)COCCOCCNC(=O)COCCOCCCC(=O)CCCCCCCCCCCCC(=O)O)C(=O)O)C(=O)C[C@@H](CCCCNC(=O)CC[C@H](NC(=O)COCCOCCCC(=O)COCCOCCNC(=O)CCCCCCCCCCCCC(=O)O)C(=O)O)C(=O)O.[HH].[HH]. The van der Waals surface area contributed by atoms with E-state index in [2.05, 4.69) is 26.6 Å². The van der Waals surface area contributed by atoms with Crippen LogP contribution < -0.4 is 32.3 Å². The van der Waals surface area contributed by atoms with Crippen molar-refractivity contribution < 1.29 is 138 Å². The molecule has 0 aromatic heterocycles. The van der Waals surface area contributed by atoms with Gasteiger partial charge in [0.05, 0.1) is 83.9 Å². The van der Waals surface area contributed by atoms with Crippen LogP contribution in [0.4, 0.5) is 0 Å². The number of carboxylic acids is 5. The van der Waals surface area contributed by atoms with E-state index in [1.165, 1.54) is 13.3 Å². The number of nitrogens with one attached hydrogen (secondary N) is 5. The molecule has 0 aromatic rings. The summed E-state index contributed by atoms with van der Waals surface area (Å²) in [7, 11) is 0. The molecular weight excluding hydrogens is 1520 g/mol. The van der Waals surface area contributed by atoms with Crippen LogP contribution in [0, 0.1) is 17.8 Å². The van der Waals surface area contributed by atoms with Crippen LogP contribution in [0.1, 0.15) is 273 Å². The third kappa shape index (κ3) is 72.0. The Kier molecular flexibility index (Phi) is 71.6. The van der Waals surface area contributed by atoms with Crippen LogP contribution in [-0.2, 0) is 110 Å². The first-order valence-corrected chi connectivity index (χ1v) is 42.3. The topological polar surface area (TPSA) is 517 Å². The molecular formula is C82H146N6O28. The molecule has 0 radical (unpaired) electrons. The maximum atomic E-state index is 13.6. The van der Waals surface area contributed by atoms with Crippen LogP contribution in [-0.4, -0.2) is 258 Å². The Labute approximate surface area is 688 Å². The summed E-state index contributed by atoms with van der Waals surface area (Å²) in [6, 6.07) is -2.28. The molecule has 5 amide bonds.